The van der Waals surface area contributed by atoms with Crippen molar-refractivity contribution in [3.63, 3.8) is 0 Å². The van der Waals surface area contributed by atoms with Gasteiger partial charge in [-0.1, -0.05) is 23.4 Å². The lowest BCUT2D eigenvalue weighted by Gasteiger charge is -2.15. The molecule has 2 aromatic carbocycles. The molecule has 1 amide bonds. The molecule has 0 fully saturated rings. The largest absolute Gasteiger partial charge is 0.497 e. The number of nitrogens with zero attached hydrogens (tertiary/aromatic N) is 2. The zero-order valence-electron chi connectivity index (χ0n) is 16.4. The Morgan fingerprint density at radius 2 is 1.96 bits per heavy atom. The van der Waals surface area contributed by atoms with Gasteiger partial charge in [-0.3, -0.25) is 4.79 Å². The quantitative estimate of drug-likeness (QED) is 0.675. The summed E-state index contributed by atoms with van der Waals surface area (Å²) in [6, 6.07) is 13.1. The van der Waals surface area contributed by atoms with Gasteiger partial charge in [0.15, 0.2) is 6.10 Å². The highest BCUT2D eigenvalue weighted by Crippen LogP contribution is 2.21. The molecule has 3 rings (SSSR count). The molecule has 28 heavy (non-hydrogen) atoms. The van der Waals surface area contributed by atoms with Gasteiger partial charge < -0.3 is 19.3 Å². The Kier molecular flexibility index (Phi) is 5.93. The predicted octanol–water partition coefficient (Wildman–Crippen LogP) is 3.45. The van der Waals surface area contributed by atoms with Gasteiger partial charge in [0.05, 0.1) is 13.7 Å². The Hall–Kier alpha value is -3.35. The molecule has 0 aliphatic rings. The third-order valence-electron chi connectivity index (χ3n) is 4.37. The maximum Gasteiger partial charge on any atom is 0.261 e. The minimum absolute atomic E-state index is 0.121. The van der Waals surface area contributed by atoms with Crippen LogP contribution in [0.25, 0.3) is 11.4 Å². The van der Waals surface area contributed by atoms with Crippen LogP contribution in [0.2, 0.25) is 0 Å². The fraction of sp³-hybridized carbons (Fsp3) is 0.286. The van der Waals surface area contributed by atoms with Crippen LogP contribution >= 0.6 is 0 Å². The van der Waals surface area contributed by atoms with Crippen molar-refractivity contribution in [2.45, 2.75) is 33.4 Å². The van der Waals surface area contributed by atoms with Crippen LogP contribution in [0.1, 0.15) is 23.9 Å². The molecule has 1 unspecified atom stereocenters. The number of aromatic nitrogens is 2. The number of nitrogens with one attached hydrogen (secondary N) is 1. The van der Waals surface area contributed by atoms with Crippen molar-refractivity contribution in [2.75, 3.05) is 7.11 Å². The SMILES string of the molecule is COc1cccc(-c2noc(CNC(=O)C(C)Oc3ccc(C)c(C)c3)n2)c1. The van der Waals surface area contributed by atoms with Gasteiger partial charge in [0.2, 0.25) is 11.7 Å². The van der Waals surface area contributed by atoms with Gasteiger partial charge in [0.25, 0.3) is 5.91 Å². The number of benzene rings is 2. The topological polar surface area (TPSA) is 86.5 Å². The number of hydrogen-bond donors (Lipinski definition) is 1. The third kappa shape index (κ3) is 4.68. The number of carbonyl (C=O) groups is 1. The van der Waals surface area contributed by atoms with E-state index in [1.807, 2.05) is 56.3 Å². The van der Waals surface area contributed by atoms with E-state index in [4.69, 9.17) is 14.0 Å². The van der Waals surface area contributed by atoms with Crippen LogP contribution < -0.4 is 14.8 Å². The maximum atomic E-state index is 12.3. The molecule has 0 saturated carbocycles. The van der Waals surface area contributed by atoms with Crippen LogP contribution in [0, 0.1) is 13.8 Å². The van der Waals surface area contributed by atoms with E-state index in [1.54, 1.807) is 14.0 Å². The molecule has 1 aromatic heterocycles. The number of methoxy groups -OCH3 is 1. The number of hydrogen-bond acceptors (Lipinski definition) is 6. The molecule has 0 aliphatic carbocycles. The highest BCUT2D eigenvalue weighted by molar-refractivity contribution is 5.80. The molecule has 0 saturated heterocycles. The summed E-state index contributed by atoms with van der Waals surface area (Å²) in [6.07, 6.45) is -0.650. The molecule has 0 bridgehead atoms. The van der Waals surface area contributed by atoms with Crippen molar-refractivity contribution in [2.24, 2.45) is 0 Å². The standard InChI is InChI=1S/C21H23N3O4/c1-13-8-9-18(10-14(13)2)27-15(3)21(25)22-12-19-23-20(24-28-19)16-6-5-7-17(11-16)26-4/h5-11,15H,12H2,1-4H3,(H,22,25). The highest BCUT2D eigenvalue weighted by Gasteiger charge is 2.16. The first-order chi connectivity index (χ1) is 13.5. The first-order valence-electron chi connectivity index (χ1n) is 8.95. The lowest BCUT2D eigenvalue weighted by Crippen LogP contribution is -2.36. The zero-order valence-corrected chi connectivity index (χ0v) is 16.4. The van der Waals surface area contributed by atoms with Gasteiger partial charge in [-0.05, 0) is 56.2 Å². The van der Waals surface area contributed by atoms with Crippen LogP contribution in [0.15, 0.2) is 47.0 Å². The molecule has 0 spiro atoms. The second-order valence-electron chi connectivity index (χ2n) is 6.47. The Balaban J connectivity index is 1.57. The summed E-state index contributed by atoms with van der Waals surface area (Å²) < 4.78 is 16.1. The van der Waals surface area contributed by atoms with E-state index in [1.165, 1.54) is 5.56 Å². The molecule has 1 atom stereocenters. The lowest BCUT2D eigenvalue weighted by atomic mass is 10.1. The van der Waals surface area contributed by atoms with Crippen molar-refractivity contribution in [1.82, 2.24) is 15.5 Å². The van der Waals surface area contributed by atoms with Crippen LogP contribution in [-0.2, 0) is 11.3 Å². The number of aryl methyl sites for hydroxylation is 2. The average Bonchev–Trinajstić information content (AvgIpc) is 3.18. The average molecular weight is 381 g/mol. The summed E-state index contributed by atoms with van der Waals surface area (Å²) in [4.78, 5) is 16.6. The Morgan fingerprint density at radius 3 is 2.71 bits per heavy atom. The zero-order chi connectivity index (χ0) is 20.1. The first kappa shape index (κ1) is 19.4. The minimum Gasteiger partial charge on any atom is -0.497 e. The maximum absolute atomic E-state index is 12.3. The number of amides is 1. The molecular formula is C21H23N3O4. The summed E-state index contributed by atoms with van der Waals surface area (Å²) in [7, 11) is 1.59. The van der Waals surface area contributed by atoms with Crippen molar-refractivity contribution in [3.8, 4) is 22.9 Å². The van der Waals surface area contributed by atoms with Crippen LogP contribution in [0.5, 0.6) is 11.5 Å². The third-order valence-corrected chi connectivity index (χ3v) is 4.37. The van der Waals surface area contributed by atoms with Crippen molar-refractivity contribution in [1.29, 1.82) is 0 Å². The van der Waals surface area contributed by atoms with Crippen molar-refractivity contribution in [3.05, 3.63) is 59.5 Å². The first-order valence-corrected chi connectivity index (χ1v) is 8.95. The number of ether oxygens (including phenoxy) is 2. The van der Waals surface area contributed by atoms with E-state index in [-0.39, 0.29) is 12.5 Å². The van der Waals surface area contributed by atoms with Gasteiger partial charge in [-0.25, -0.2) is 0 Å². The molecule has 146 valence electrons. The molecule has 7 nitrogen and oxygen atoms in total. The van der Waals surface area contributed by atoms with Gasteiger partial charge in [-0.15, -0.1) is 0 Å². The van der Waals surface area contributed by atoms with Gasteiger partial charge in [0.1, 0.15) is 11.5 Å². The normalized spacial score (nSPS) is 11.7. The minimum atomic E-state index is -0.650. The van der Waals surface area contributed by atoms with E-state index in [2.05, 4.69) is 15.5 Å². The van der Waals surface area contributed by atoms with E-state index < -0.39 is 6.10 Å². The second kappa shape index (κ2) is 8.56. The monoisotopic (exact) mass is 381 g/mol. The molecule has 1 N–H and O–H groups in total. The lowest BCUT2D eigenvalue weighted by molar-refractivity contribution is -0.127. The summed E-state index contributed by atoms with van der Waals surface area (Å²) in [5.41, 5.74) is 3.06. The molecular weight excluding hydrogens is 358 g/mol. The Morgan fingerprint density at radius 1 is 1.14 bits per heavy atom. The molecule has 0 aliphatic heterocycles. The predicted molar refractivity (Wildman–Crippen MR) is 104 cm³/mol. The highest BCUT2D eigenvalue weighted by atomic mass is 16.5. The fourth-order valence-corrected chi connectivity index (χ4v) is 2.56. The molecule has 0 radical (unpaired) electrons. The Labute approximate surface area is 163 Å². The Bertz CT molecular complexity index is 968. The molecule has 1 heterocycles. The smallest absolute Gasteiger partial charge is 0.261 e. The van der Waals surface area contributed by atoms with E-state index in [9.17, 15) is 4.79 Å². The second-order valence-corrected chi connectivity index (χ2v) is 6.47. The van der Waals surface area contributed by atoms with E-state index >= 15 is 0 Å². The summed E-state index contributed by atoms with van der Waals surface area (Å²) in [5, 5.41) is 6.69. The van der Waals surface area contributed by atoms with Gasteiger partial charge >= 0.3 is 0 Å². The van der Waals surface area contributed by atoms with Crippen LogP contribution in [-0.4, -0.2) is 29.3 Å². The van der Waals surface area contributed by atoms with Crippen molar-refractivity contribution < 1.29 is 18.8 Å². The summed E-state index contributed by atoms with van der Waals surface area (Å²) >= 11 is 0. The fourth-order valence-electron chi connectivity index (χ4n) is 2.56. The summed E-state index contributed by atoms with van der Waals surface area (Å²) in [5.74, 6) is 1.84. The van der Waals surface area contributed by atoms with Gasteiger partial charge in [0, 0.05) is 5.56 Å². The number of rotatable bonds is 7. The van der Waals surface area contributed by atoms with Crippen molar-refractivity contribution >= 4 is 5.91 Å². The molecule has 7 heteroatoms. The van der Waals surface area contributed by atoms with E-state index in [0.717, 1.165) is 11.1 Å². The number of carbonyl (C=O) groups excluding carboxylic acids is 1. The summed E-state index contributed by atoms with van der Waals surface area (Å²) in [6.45, 7) is 5.85. The van der Waals surface area contributed by atoms with Crippen LogP contribution in [0.3, 0.4) is 0 Å². The van der Waals surface area contributed by atoms with Gasteiger partial charge in [-0.2, -0.15) is 4.98 Å². The van der Waals surface area contributed by atoms with E-state index in [0.29, 0.717) is 23.2 Å². The van der Waals surface area contributed by atoms with Crippen LogP contribution in [0.4, 0.5) is 0 Å². The molecule has 3 aromatic rings.